The maximum Gasteiger partial charge on any atom is 0.136 e. The molecule has 0 saturated carbocycles. The van der Waals surface area contributed by atoms with Gasteiger partial charge in [0.2, 0.25) is 0 Å². The third-order valence-electron chi connectivity index (χ3n) is 2.14. The third kappa shape index (κ3) is 4.04. The topological polar surface area (TPSA) is 17.1 Å². The highest BCUT2D eigenvalue weighted by atomic mass is 16.1. The van der Waals surface area contributed by atoms with Crippen molar-refractivity contribution in [3.8, 4) is 0 Å². The third-order valence-corrected chi connectivity index (χ3v) is 2.14. The highest BCUT2D eigenvalue weighted by Gasteiger charge is 1.98. The van der Waals surface area contributed by atoms with Crippen LogP contribution in [0.1, 0.15) is 24.8 Å². The van der Waals surface area contributed by atoms with E-state index in [1.165, 1.54) is 5.56 Å². The Bertz CT molecular complexity index is 287. The predicted octanol–water partition coefficient (Wildman–Crippen LogP) is 3.15. The smallest absolute Gasteiger partial charge is 0.136 e. The minimum Gasteiger partial charge on any atom is -0.299 e. The van der Waals surface area contributed by atoms with Gasteiger partial charge in [0.25, 0.3) is 0 Å². The van der Waals surface area contributed by atoms with Gasteiger partial charge < -0.3 is 0 Å². The lowest BCUT2D eigenvalue weighted by molar-refractivity contribution is -0.118. The van der Waals surface area contributed by atoms with Crippen molar-refractivity contribution in [3.63, 3.8) is 0 Å². The fourth-order valence-electron chi connectivity index (χ4n) is 1.40. The Morgan fingerprint density at radius 1 is 1.29 bits per heavy atom. The minimum atomic E-state index is 0.288. The van der Waals surface area contributed by atoms with Crippen LogP contribution in [0.2, 0.25) is 0 Å². The van der Waals surface area contributed by atoms with Crippen LogP contribution in [-0.2, 0) is 11.2 Å². The number of rotatable bonds is 6. The standard InChI is InChI=1S/C13H16O/c1-2-7-13(14)11-6-10-12-8-4-3-5-9-12/h2-5,8-9H,1,6-7,10-11H2. The van der Waals surface area contributed by atoms with Gasteiger partial charge in [0.1, 0.15) is 5.78 Å². The first-order valence-corrected chi connectivity index (χ1v) is 4.99. The van der Waals surface area contributed by atoms with E-state index in [0.29, 0.717) is 12.8 Å². The molecular weight excluding hydrogens is 172 g/mol. The number of hydrogen-bond acceptors (Lipinski definition) is 1. The molecule has 74 valence electrons. The predicted molar refractivity (Wildman–Crippen MR) is 59.2 cm³/mol. The molecule has 0 heterocycles. The van der Waals surface area contributed by atoms with Gasteiger partial charge in [0, 0.05) is 12.8 Å². The van der Waals surface area contributed by atoms with Gasteiger partial charge in [-0.15, -0.1) is 6.58 Å². The second-order valence-corrected chi connectivity index (χ2v) is 3.37. The molecule has 0 aliphatic heterocycles. The van der Waals surface area contributed by atoms with E-state index in [-0.39, 0.29) is 5.78 Å². The maximum atomic E-state index is 11.2. The summed E-state index contributed by atoms with van der Waals surface area (Å²) in [5.74, 6) is 0.288. The summed E-state index contributed by atoms with van der Waals surface area (Å²) in [6.07, 6.45) is 4.78. The molecule has 1 aromatic carbocycles. The van der Waals surface area contributed by atoms with Crippen LogP contribution in [0.25, 0.3) is 0 Å². The molecule has 0 fully saturated rings. The Labute approximate surface area is 85.5 Å². The van der Waals surface area contributed by atoms with E-state index in [9.17, 15) is 4.79 Å². The van der Waals surface area contributed by atoms with Crippen molar-refractivity contribution in [1.82, 2.24) is 0 Å². The normalized spacial score (nSPS) is 9.71. The van der Waals surface area contributed by atoms with E-state index >= 15 is 0 Å². The van der Waals surface area contributed by atoms with Crippen LogP contribution in [-0.4, -0.2) is 5.78 Å². The molecule has 0 aliphatic carbocycles. The molecule has 0 saturated heterocycles. The molecule has 0 bridgehead atoms. The fourth-order valence-corrected chi connectivity index (χ4v) is 1.40. The van der Waals surface area contributed by atoms with Gasteiger partial charge >= 0.3 is 0 Å². The van der Waals surface area contributed by atoms with E-state index in [1.807, 2.05) is 18.2 Å². The highest BCUT2D eigenvalue weighted by Crippen LogP contribution is 2.05. The number of hydrogen-bond donors (Lipinski definition) is 0. The number of Topliss-reactive ketones (excluding diaryl/α,β-unsaturated/α-hetero) is 1. The Balaban J connectivity index is 2.22. The molecule has 0 radical (unpaired) electrons. The van der Waals surface area contributed by atoms with Gasteiger partial charge in [-0.1, -0.05) is 36.4 Å². The molecule has 0 amide bonds. The van der Waals surface area contributed by atoms with Gasteiger partial charge in [-0.05, 0) is 18.4 Å². The highest BCUT2D eigenvalue weighted by molar-refractivity contribution is 5.79. The second kappa shape index (κ2) is 6.14. The van der Waals surface area contributed by atoms with Crippen molar-refractivity contribution in [2.24, 2.45) is 0 Å². The van der Waals surface area contributed by atoms with E-state index in [2.05, 4.69) is 18.7 Å². The van der Waals surface area contributed by atoms with Gasteiger partial charge in [-0.2, -0.15) is 0 Å². The van der Waals surface area contributed by atoms with Crippen LogP contribution in [0.3, 0.4) is 0 Å². The van der Waals surface area contributed by atoms with Gasteiger partial charge in [0.15, 0.2) is 0 Å². The molecule has 0 spiro atoms. The van der Waals surface area contributed by atoms with Gasteiger partial charge in [-0.3, -0.25) is 4.79 Å². The second-order valence-electron chi connectivity index (χ2n) is 3.37. The van der Waals surface area contributed by atoms with Gasteiger partial charge in [0.05, 0.1) is 0 Å². The first-order chi connectivity index (χ1) is 6.83. The zero-order chi connectivity index (χ0) is 10.2. The van der Waals surface area contributed by atoms with Crippen molar-refractivity contribution in [2.75, 3.05) is 0 Å². The summed E-state index contributed by atoms with van der Waals surface area (Å²) in [5.41, 5.74) is 1.30. The average Bonchev–Trinajstić information content (AvgIpc) is 2.20. The zero-order valence-electron chi connectivity index (χ0n) is 8.41. The summed E-state index contributed by atoms with van der Waals surface area (Å²) >= 11 is 0. The van der Waals surface area contributed by atoms with Crippen LogP contribution in [0, 0.1) is 0 Å². The molecule has 1 nitrogen and oxygen atoms in total. The Kier molecular flexibility index (Phi) is 4.70. The summed E-state index contributed by atoms with van der Waals surface area (Å²) < 4.78 is 0. The summed E-state index contributed by atoms with van der Waals surface area (Å²) in [4.78, 5) is 11.2. The zero-order valence-corrected chi connectivity index (χ0v) is 8.41. The van der Waals surface area contributed by atoms with E-state index < -0.39 is 0 Å². The molecular formula is C13H16O. The molecule has 0 aliphatic rings. The van der Waals surface area contributed by atoms with E-state index in [1.54, 1.807) is 6.08 Å². The molecule has 1 aromatic rings. The summed E-state index contributed by atoms with van der Waals surface area (Å²) in [6, 6.07) is 10.3. The van der Waals surface area contributed by atoms with E-state index in [0.717, 1.165) is 12.8 Å². The lowest BCUT2D eigenvalue weighted by atomic mass is 10.1. The Morgan fingerprint density at radius 3 is 2.64 bits per heavy atom. The van der Waals surface area contributed by atoms with Crippen molar-refractivity contribution in [1.29, 1.82) is 0 Å². The van der Waals surface area contributed by atoms with Crippen LogP contribution in [0.4, 0.5) is 0 Å². The number of aryl methyl sites for hydroxylation is 1. The molecule has 1 rings (SSSR count). The monoisotopic (exact) mass is 188 g/mol. The lowest BCUT2D eigenvalue weighted by Crippen LogP contribution is -1.96. The molecule has 0 N–H and O–H groups in total. The van der Waals surface area contributed by atoms with Crippen LogP contribution >= 0.6 is 0 Å². The molecule has 14 heavy (non-hydrogen) atoms. The minimum absolute atomic E-state index is 0.288. The first-order valence-electron chi connectivity index (χ1n) is 4.99. The first kappa shape index (κ1) is 10.7. The van der Waals surface area contributed by atoms with Gasteiger partial charge in [-0.25, -0.2) is 0 Å². The number of carbonyl (C=O) groups excluding carboxylic acids is 1. The quantitative estimate of drug-likeness (QED) is 0.627. The summed E-state index contributed by atoms with van der Waals surface area (Å²) in [7, 11) is 0. The Hall–Kier alpha value is -1.37. The SMILES string of the molecule is C=CCC(=O)CCCc1ccccc1. The fraction of sp³-hybridized carbons (Fsp3) is 0.308. The average molecular weight is 188 g/mol. The number of allylic oxidation sites excluding steroid dienone is 1. The van der Waals surface area contributed by atoms with Crippen molar-refractivity contribution >= 4 is 5.78 Å². The number of carbonyl (C=O) groups is 1. The van der Waals surface area contributed by atoms with Crippen LogP contribution in [0.15, 0.2) is 43.0 Å². The van der Waals surface area contributed by atoms with Crippen molar-refractivity contribution in [3.05, 3.63) is 48.6 Å². The van der Waals surface area contributed by atoms with Crippen molar-refractivity contribution in [2.45, 2.75) is 25.7 Å². The van der Waals surface area contributed by atoms with E-state index in [4.69, 9.17) is 0 Å². The van der Waals surface area contributed by atoms with Crippen LogP contribution in [0.5, 0.6) is 0 Å². The van der Waals surface area contributed by atoms with Crippen molar-refractivity contribution < 1.29 is 4.79 Å². The molecule has 0 atom stereocenters. The molecule has 0 unspecified atom stereocenters. The summed E-state index contributed by atoms with van der Waals surface area (Å²) in [5, 5.41) is 0. The lowest BCUT2D eigenvalue weighted by Gasteiger charge is -1.99. The largest absolute Gasteiger partial charge is 0.299 e. The molecule has 1 heteroatoms. The Morgan fingerprint density at radius 2 is 2.00 bits per heavy atom. The maximum absolute atomic E-state index is 11.2. The van der Waals surface area contributed by atoms with Crippen LogP contribution < -0.4 is 0 Å². The number of ketones is 1. The molecule has 0 aromatic heterocycles. The summed E-state index contributed by atoms with van der Waals surface area (Å²) in [6.45, 7) is 3.55. The number of benzene rings is 1.